The monoisotopic (exact) mass is 214 g/mol. The van der Waals surface area contributed by atoms with Crippen LogP contribution in [0, 0.1) is 0 Å². The first kappa shape index (κ1) is 12.9. The Morgan fingerprint density at radius 1 is 1.64 bits per heavy atom. The van der Waals surface area contributed by atoms with Crippen LogP contribution >= 0.6 is 11.6 Å². The molecule has 0 spiro atoms. The van der Waals surface area contributed by atoms with Gasteiger partial charge in [-0.05, 0) is 13.0 Å². The third-order valence-electron chi connectivity index (χ3n) is 1.49. The van der Waals surface area contributed by atoms with E-state index in [0.29, 0.717) is 18.1 Å². The van der Waals surface area contributed by atoms with Crippen LogP contribution in [0.4, 0.5) is 4.79 Å². The van der Waals surface area contributed by atoms with Gasteiger partial charge in [-0.1, -0.05) is 18.7 Å². The minimum atomic E-state index is -0.281. The van der Waals surface area contributed by atoms with E-state index in [4.69, 9.17) is 11.6 Å². The maximum absolute atomic E-state index is 11.3. The lowest BCUT2D eigenvalue weighted by molar-refractivity contribution is 0.221. The smallest absolute Gasteiger partial charge is 0.325 e. The van der Waals surface area contributed by atoms with Gasteiger partial charge in [-0.25, -0.2) is 4.79 Å². The van der Waals surface area contributed by atoms with Crippen molar-refractivity contribution >= 4 is 23.3 Å². The molecule has 3 nitrogen and oxygen atoms in total. The number of alkyl halides is 1. The van der Waals surface area contributed by atoms with E-state index in [1.54, 1.807) is 32.2 Å². The highest BCUT2D eigenvalue weighted by atomic mass is 35.5. The van der Waals surface area contributed by atoms with Crippen LogP contribution in [0.3, 0.4) is 0 Å². The SMILES string of the molecule is C=C/C=C\C(C)=NC(=O)N(C)CCCl. The van der Waals surface area contributed by atoms with Crippen molar-refractivity contribution in [2.45, 2.75) is 6.92 Å². The molecule has 0 aliphatic carbocycles. The summed E-state index contributed by atoms with van der Waals surface area (Å²) in [5.74, 6) is 0.416. The van der Waals surface area contributed by atoms with Crippen LogP contribution in [0.5, 0.6) is 0 Å². The third-order valence-corrected chi connectivity index (χ3v) is 1.66. The first-order valence-corrected chi connectivity index (χ1v) is 4.80. The van der Waals surface area contributed by atoms with Crippen LogP contribution in [0.1, 0.15) is 6.92 Å². The Balaban J connectivity index is 4.26. The molecule has 0 aliphatic rings. The molecular formula is C10H15ClN2O. The molecule has 2 amide bonds. The van der Waals surface area contributed by atoms with E-state index in [-0.39, 0.29) is 6.03 Å². The predicted octanol–water partition coefficient (Wildman–Crippen LogP) is 2.48. The van der Waals surface area contributed by atoms with Crippen LogP contribution in [0.25, 0.3) is 0 Å². The van der Waals surface area contributed by atoms with Gasteiger partial charge in [-0.2, -0.15) is 4.99 Å². The molecule has 0 N–H and O–H groups in total. The summed E-state index contributed by atoms with van der Waals surface area (Å²) >= 11 is 5.49. The minimum Gasteiger partial charge on any atom is -0.325 e. The normalized spacial score (nSPS) is 11.8. The van der Waals surface area contributed by atoms with Gasteiger partial charge in [0.25, 0.3) is 0 Å². The number of carbonyl (C=O) groups excluding carboxylic acids is 1. The van der Waals surface area contributed by atoms with Gasteiger partial charge >= 0.3 is 6.03 Å². The number of amides is 2. The summed E-state index contributed by atoms with van der Waals surface area (Å²) in [5, 5.41) is 0. The molecule has 0 aromatic carbocycles. The van der Waals surface area contributed by atoms with Crippen molar-refractivity contribution in [1.82, 2.24) is 4.90 Å². The minimum absolute atomic E-state index is 0.281. The van der Waals surface area contributed by atoms with Crippen molar-refractivity contribution < 1.29 is 4.79 Å². The molecule has 0 aromatic rings. The van der Waals surface area contributed by atoms with Crippen LogP contribution in [-0.4, -0.2) is 36.1 Å². The molecule has 0 unspecified atom stereocenters. The second-order valence-corrected chi connectivity index (χ2v) is 3.12. The summed E-state index contributed by atoms with van der Waals surface area (Å²) in [5.41, 5.74) is 0.649. The van der Waals surface area contributed by atoms with E-state index in [0.717, 1.165) is 0 Å². The highest BCUT2D eigenvalue weighted by Crippen LogP contribution is 1.92. The van der Waals surface area contributed by atoms with Gasteiger partial charge in [-0.15, -0.1) is 11.6 Å². The Morgan fingerprint density at radius 2 is 2.29 bits per heavy atom. The van der Waals surface area contributed by atoms with Crippen molar-refractivity contribution in [3.8, 4) is 0 Å². The lowest BCUT2D eigenvalue weighted by Gasteiger charge is -2.11. The Kier molecular flexibility index (Phi) is 6.76. The third kappa shape index (κ3) is 5.54. The predicted molar refractivity (Wildman–Crippen MR) is 61.2 cm³/mol. The topological polar surface area (TPSA) is 32.7 Å². The molecule has 0 rings (SSSR count). The number of hydrogen-bond acceptors (Lipinski definition) is 1. The molecule has 0 bridgehead atoms. The number of urea groups is 1. The molecule has 0 saturated heterocycles. The Bertz CT molecular complexity index is 259. The average molecular weight is 215 g/mol. The van der Waals surface area contributed by atoms with E-state index >= 15 is 0 Å². The summed E-state index contributed by atoms with van der Waals surface area (Å²) < 4.78 is 0. The van der Waals surface area contributed by atoms with E-state index in [1.807, 2.05) is 0 Å². The van der Waals surface area contributed by atoms with E-state index in [1.165, 1.54) is 4.90 Å². The zero-order valence-electron chi connectivity index (χ0n) is 8.53. The lowest BCUT2D eigenvalue weighted by atomic mass is 10.3. The standard InChI is InChI=1S/C10H15ClN2O/c1-4-5-6-9(2)12-10(14)13(3)8-7-11/h4-6H,1,7-8H2,2-3H3/b6-5-,12-9?. The lowest BCUT2D eigenvalue weighted by Crippen LogP contribution is -2.26. The van der Waals surface area contributed by atoms with Crippen molar-refractivity contribution in [3.63, 3.8) is 0 Å². The van der Waals surface area contributed by atoms with Gasteiger partial charge in [0.05, 0.1) is 0 Å². The molecule has 0 radical (unpaired) electrons. The molecule has 4 heteroatoms. The number of aliphatic imine (C=N–C) groups is 1. The largest absolute Gasteiger partial charge is 0.343 e. The number of rotatable bonds is 4. The molecule has 0 aliphatic heterocycles. The molecule has 0 aromatic heterocycles. The molecule has 0 fully saturated rings. The maximum atomic E-state index is 11.3. The Labute approximate surface area is 89.8 Å². The first-order chi connectivity index (χ1) is 6.61. The number of carbonyl (C=O) groups is 1. The zero-order chi connectivity index (χ0) is 11.0. The summed E-state index contributed by atoms with van der Waals surface area (Å²) in [6, 6.07) is -0.281. The second-order valence-electron chi connectivity index (χ2n) is 2.74. The fourth-order valence-corrected chi connectivity index (χ4v) is 0.957. The van der Waals surface area contributed by atoms with Gasteiger partial charge in [0.15, 0.2) is 0 Å². The maximum Gasteiger partial charge on any atom is 0.343 e. The fourth-order valence-electron chi connectivity index (χ4n) is 0.703. The molecular weight excluding hydrogens is 200 g/mol. The van der Waals surface area contributed by atoms with Gasteiger partial charge in [0.1, 0.15) is 0 Å². The molecule has 0 atom stereocenters. The summed E-state index contributed by atoms with van der Waals surface area (Å²) in [4.78, 5) is 16.6. The average Bonchev–Trinajstić information content (AvgIpc) is 2.15. The van der Waals surface area contributed by atoms with Crippen LogP contribution in [0.15, 0.2) is 29.8 Å². The molecule has 0 saturated carbocycles. The molecule has 0 heterocycles. The van der Waals surface area contributed by atoms with Crippen LogP contribution in [0.2, 0.25) is 0 Å². The summed E-state index contributed by atoms with van der Waals surface area (Å²) in [7, 11) is 1.67. The Morgan fingerprint density at radius 3 is 2.79 bits per heavy atom. The number of halogens is 1. The Hall–Kier alpha value is -1.09. The van der Waals surface area contributed by atoms with Crippen LogP contribution < -0.4 is 0 Å². The van der Waals surface area contributed by atoms with Crippen molar-refractivity contribution in [1.29, 1.82) is 0 Å². The number of allylic oxidation sites excluding steroid dienone is 3. The molecule has 78 valence electrons. The second kappa shape index (κ2) is 7.33. The quantitative estimate of drug-likeness (QED) is 0.402. The van der Waals surface area contributed by atoms with Gasteiger partial charge in [0.2, 0.25) is 0 Å². The number of hydrogen-bond donors (Lipinski definition) is 0. The summed E-state index contributed by atoms with van der Waals surface area (Å²) in [6.07, 6.45) is 5.08. The highest BCUT2D eigenvalue weighted by molar-refractivity contribution is 6.18. The van der Waals surface area contributed by atoms with E-state index < -0.39 is 0 Å². The zero-order valence-corrected chi connectivity index (χ0v) is 9.29. The van der Waals surface area contributed by atoms with Crippen molar-refractivity contribution in [2.75, 3.05) is 19.5 Å². The van der Waals surface area contributed by atoms with Crippen LogP contribution in [-0.2, 0) is 0 Å². The number of nitrogens with zero attached hydrogens (tertiary/aromatic N) is 2. The van der Waals surface area contributed by atoms with Crippen molar-refractivity contribution in [3.05, 3.63) is 24.8 Å². The van der Waals surface area contributed by atoms with Gasteiger partial charge in [-0.3, -0.25) is 0 Å². The first-order valence-electron chi connectivity index (χ1n) is 4.27. The van der Waals surface area contributed by atoms with Gasteiger partial charge < -0.3 is 4.90 Å². The van der Waals surface area contributed by atoms with Gasteiger partial charge in [0, 0.05) is 25.2 Å². The fraction of sp³-hybridized carbons (Fsp3) is 0.400. The molecule has 14 heavy (non-hydrogen) atoms. The highest BCUT2D eigenvalue weighted by Gasteiger charge is 2.04. The van der Waals surface area contributed by atoms with Crippen molar-refractivity contribution in [2.24, 2.45) is 4.99 Å². The van der Waals surface area contributed by atoms with E-state index in [9.17, 15) is 4.79 Å². The summed E-state index contributed by atoms with van der Waals surface area (Å²) in [6.45, 7) is 5.78. The van der Waals surface area contributed by atoms with E-state index in [2.05, 4.69) is 11.6 Å².